The van der Waals surface area contributed by atoms with Crippen molar-refractivity contribution in [3.63, 3.8) is 0 Å². The highest BCUT2D eigenvalue weighted by Gasteiger charge is 2.28. The lowest BCUT2D eigenvalue weighted by Gasteiger charge is -2.25. The first-order valence-corrected chi connectivity index (χ1v) is 4.85. The van der Waals surface area contributed by atoms with E-state index in [2.05, 4.69) is 5.32 Å². The van der Waals surface area contributed by atoms with Gasteiger partial charge in [-0.15, -0.1) is 0 Å². The number of rotatable bonds is 1. The van der Waals surface area contributed by atoms with Gasteiger partial charge in [0.15, 0.2) is 0 Å². The third kappa shape index (κ3) is 1.61. The molecule has 1 aliphatic heterocycles. The number of aliphatic carboxylic acids is 1. The molecule has 1 unspecified atom stereocenters. The number of hydrogen-bond acceptors (Lipinski definition) is 2. The van der Waals surface area contributed by atoms with Gasteiger partial charge >= 0.3 is 5.97 Å². The molecule has 80 valence electrons. The van der Waals surface area contributed by atoms with Crippen LogP contribution in [0.1, 0.15) is 22.7 Å². The van der Waals surface area contributed by atoms with Gasteiger partial charge in [0, 0.05) is 6.54 Å². The van der Waals surface area contributed by atoms with E-state index in [1.54, 1.807) is 13.0 Å². The van der Waals surface area contributed by atoms with Crippen LogP contribution in [0.2, 0.25) is 0 Å². The van der Waals surface area contributed by atoms with Gasteiger partial charge in [-0.1, -0.05) is 6.07 Å². The molecule has 1 atom stereocenters. The van der Waals surface area contributed by atoms with Gasteiger partial charge in [-0.3, -0.25) is 4.79 Å². The minimum absolute atomic E-state index is 0.302. The van der Waals surface area contributed by atoms with Crippen LogP contribution in [0.5, 0.6) is 0 Å². The number of hydrogen-bond donors (Lipinski definition) is 2. The Labute approximate surface area is 86.9 Å². The van der Waals surface area contributed by atoms with E-state index in [9.17, 15) is 9.18 Å². The van der Waals surface area contributed by atoms with E-state index in [4.69, 9.17) is 5.11 Å². The Hall–Kier alpha value is -1.42. The van der Waals surface area contributed by atoms with Crippen LogP contribution in [0.25, 0.3) is 0 Å². The normalized spacial score (nSPS) is 19.7. The zero-order valence-corrected chi connectivity index (χ0v) is 8.38. The number of carboxylic acids is 1. The summed E-state index contributed by atoms with van der Waals surface area (Å²) in [6.07, 6.45) is 0.548. The lowest BCUT2D eigenvalue weighted by molar-refractivity contribution is -0.139. The molecule has 1 aromatic carbocycles. The van der Waals surface area contributed by atoms with Gasteiger partial charge in [0.05, 0.1) is 0 Å². The molecule has 0 spiro atoms. The maximum absolute atomic E-state index is 13.5. The Balaban J connectivity index is 2.59. The number of carbonyl (C=O) groups is 1. The van der Waals surface area contributed by atoms with Gasteiger partial charge in [-0.2, -0.15) is 0 Å². The molecule has 0 fully saturated rings. The van der Waals surface area contributed by atoms with Gasteiger partial charge in [-0.05, 0) is 36.1 Å². The summed E-state index contributed by atoms with van der Waals surface area (Å²) >= 11 is 0. The zero-order chi connectivity index (χ0) is 11.0. The highest BCUT2D eigenvalue weighted by atomic mass is 19.1. The Kier molecular flexibility index (Phi) is 2.44. The van der Waals surface area contributed by atoms with Crippen LogP contribution in [0.4, 0.5) is 4.39 Å². The predicted octanol–water partition coefficient (Wildman–Crippen LogP) is 1.41. The van der Waals surface area contributed by atoms with E-state index in [1.807, 2.05) is 0 Å². The minimum atomic E-state index is -0.954. The molecule has 0 aliphatic carbocycles. The van der Waals surface area contributed by atoms with E-state index in [-0.39, 0.29) is 5.82 Å². The van der Waals surface area contributed by atoms with Crippen molar-refractivity contribution >= 4 is 5.97 Å². The van der Waals surface area contributed by atoms with Crippen molar-refractivity contribution < 1.29 is 14.3 Å². The fourth-order valence-electron chi connectivity index (χ4n) is 2.07. The van der Waals surface area contributed by atoms with Crippen molar-refractivity contribution in [3.05, 3.63) is 34.6 Å². The van der Waals surface area contributed by atoms with E-state index < -0.39 is 12.0 Å². The second-order valence-corrected chi connectivity index (χ2v) is 3.73. The highest BCUT2D eigenvalue weighted by Crippen LogP contribution is 2.28. The van der Waals surface area contributed by atoms with Crippen LogP contribution in [0.3, 0.4) is 0 Å². The van der Waals surface area contributed by atoms with Crippen molar-refractivity contribution in [3.8, 4) is 0 Å². The van der Waals surface area contributed by atoms with Gasteiger partial charge in [0.25, 0.3) is 0 Å². The average Bonchev–Trinajstić information content (AvgIpc) is 2.23. The number of carboxylic acid groups (broad SMARTS) is 1. The standard InChI is InChI=1S/C11H12FNO2/c1-6-2-3-8(12)7-4-5-13-10(9(6)7)11(14)15/h2-3,10,13H,4-5H2,1H3,(H,14,15). The third-order valence-electron chi connectivity index (χ3n) is 2.78. The van der Waals surface area contributed by atoms with Gasteiger partial charge in [0.1, 0.15) is 11.9 Å². The summed E-state index contributed by atoms with van der Waals surface area (Å²) in [4.78, 5) is 11.0. The van der Waals surface area contributed by atoms with E-state index in [0.717, 1.165) is 5.56 Å². The number of aryl methyl sites for hydroxylation is 1. The maximum atomic E-state index is 13.5. The monoisotopic (exact) mass is 209 g/mol. The lowest BCUT2D eigenvalue weighted by Crippen LogP contribution is -2.36. The molecule has 1 heterocycles. The van der Waals surface area contributed by atoms with Crippen molar-refractivity contribution in [2.75, 3.05) is 6.54 Å². The lowest BCUT2D eigenvalue weighted by atomic mass is 9.90. The third-order valence-corrected chi connectivity index (χ3v) is 2.78. The number of fused-ring (bicyclic) bond motifs is 1. The zero-order valence-electron chi connectivity index (χ0n) is 8.38. The summed E-state index contributed by atoms with van der Waals surface area (Å²) < 4.78 is 13.5. The molecule has 3 nitrogen and oxygen atoms in total. The summed E-state index contributed by atoms with van der Waals surface area (Å²) in [5.74, 6) is -1.26. The molecule has 0 aromatic heterocycles. The SMILES string of the molecule is Cc1ccc(F)c2c1C(C(=O)O)NCC2. The number of benzene rings is 1. The molecule has 1 aromatic rings. The second-order valence-electron chi connectivity index (χ2n) is 3.73. The van der Waals surface area contributed by atoms with Gasteiger partial charge in [0.2, 0.25) is 0 Å². The van der Waals surface area contributed by atoms with Crippen molar-refractivity contribution in [1.82, 2.24) is 5.32 Å². The Morgan fingerprint density at radius 3 is 3.00 bits per heavy atom. The summed E-state index contributed by atoms with van der Waals surface area (Å²) in [6.45, 7) is 2.31. The largest absolute Gasteiger partial charge is 0.480 e. The van der Waals surface area contributed by atoms with Crippen LogP contribution in [-0.2, 0) is 11.2 Å². The smallest absolute Gasteiger partial charge is 0.325 e. The first-order valence-electron chi connectivity index (χ1n) is 4.85. The van der Waals surface area contributed by atoms with E-state index in [1.165, 1.54) is 6.07 Å². The molecule has 0 radical (unpaired) electrons. The number of nitrogens with one attached hydrogen (secondary N) is 1. The molecule has 0 amide bonds. The molecule has 0 saturated carbocycles. The topological polar surface area (TPSA) is 49.3 Å². The Morgan fingerprint density at radius 2 is 2.33 bits per heavy atom. The predicted molar refractivity (Wildman–Crippen MR) is 53.2 cm³/mol. The molecule has 15 heavy (non-hydrogen) atoms. The number of halogens is 1. The molecule has 4 heteroatoms. The van der Waals surface area contributed by atoms with Gasteiger partial charge < -0.3 is 10.4 Å². The molecule has 2 N–H and O–H groups in total. The van der Waals surface area contributed by atoms with Crippen LogP contribution >= 0.6 is 0 Å². The first-order chi connectivity index (χ1) is 7.11. The highest BCUT2D eigenvalue weighted by molar-refractivity contribution is 5.77. The molecule has 1 aliphatic rings. The second kappa shape index (κ2) is 3.62. The summed E-state index contributed by atoms with van der Waals surface area (Å²) in [7, 11) is 0. The Morgan fingerprint density at radius 1 is 1.60 bits per heavy atom. The fourth-order valence-corrected chi connectivity index (χ4v) is 2.07. The van der Waals surface area contributed by atoms with Crippen LogP contribution in [-0.4, -0.2) is 17.6 Å². The average molecular weight is 209 g/mol. The fraction of sp³-hybridized carbons (Fsp3) is 0.364. The van der Waals surface area contributed by atoms with Crippen molar-refractivity contribution in [1.29, 1.82) is 0 Å². The quantitative estimate of drug-likeness (QED) is 0.735. The van der Waals surface area contributed by atoms with Crippen molar-refractivity contribution in [2.45, 2.75) is 19.4 Å². The molecule has 0 saturated heterocycles. The van der Waals surface area contributed by atoms with Crippen LogP contribution in [0, 0.1) is 12.7 Å². The Bertz CT molecular complexity index is 417. The molecular weight excluding hydrogens is 197 g/mol. The summed E-state index contributed by atoms with van der Waals surface area (Å²) in [5.41, 5.74) is 1.96. The van der Waals surface area contributed by atoms with Crippen molar-refractivity contribution in [2.24, 2.45) is 0 Å². The van der Waals surface area contributed by atoms with E-state index >= 15 is 0 Å². The van der Waals surface area contributed by atoms with E-state index in [0.29, 0.717) is 24.1 Å². The molecule has 2 rings (SSSR count). The maximum Gasteiger partial charge on any atom is 0.325 e. The van der Waals surface area contributed by atoms with Gasteiger partial charge in [-0.25, -0.2) is 4.39 Å². The summed E-state index contributed by atoms with van der Waals surface area (Å²) in [5, 5.41) is 11.9. The van der Waals surface area contributed by atoms with Crippen LogP contribution in [0.15, 0.2) is 12.1 Å². The minimum Gasteiger partial charge on any atom is -0.480 e. The molecule has 0 bridgehead atoms. The summed E-state index contributed by atoms with van der Waals surface area (Å²) in [6, 6.07) is 2.25. The van der Waals surface area contributed by atoms with Crippen LogP contribution < -0.4 is 5.32 Å². The first kappa shape index (κ1) is 10.1. The molecular formula is C11H12FNO2.